The number of hydrogen-bond donors (Lipinski definition) is 1. The van der Waals surface area contributed by atoms with Crippen LogP contribution in [-0.4, -0.2) is 28.9 Å². The van der Waals surface area contributed by atoms with Gasteiger partial charge in [0.05, 0.1) is 19.3 Å². The zero-order valence-corrected chi connectivity index (χ0v) is 11.8. The van der Waals surface area contributed by atoms with Crippen LogP contribution in [0.15, 0.2) is 24.5 Å². The fraction of sp³-hybridized carbons (Fsp3) is 0.429. The summed E-state index contributed by atoms with van der Waals surface area (Å²) < 4.78 is 7.38. The van der Waals surface area contributed by atoms with Crippen LogP contribution < -0.4 is 10.1 Å². The molecule has 2 aromatic rings. The zero-order valence-electron chi connectivity index (χ0n) is 11.8. The van der Waals surface area contributed by atoms with Gasteiger partial charge in [0.2, 0.25) is 0 Å². The normalized spacial score (nSPS) is 12.4. The Bertz CT molecular complexity index is 529. The number of methoxy groups -OCH3 is 1. The van der Waals surface area contributed by atoms with E-state index in [0.717, 1.165) is 29.2 Å². The van der Waals surface area contributed by atoms with Gasteiger partial charge in [-0.15, -0.1) is 0 Å². The van der Waals surface area contributed by atoms with Crippen molar-refractivity contribution in [3.05, 3.63) is 41.5 Å². The van der Waals surface area contributed by atoms with E-state index >= 15 is 0 Å². The molecule has 0 aliphatic rings. The summed E-state index contributed by atoms with van der Waals surface area (Å²) in [5, 5.41) is 7.69. The number of aromatic nitrogens is 3. The predicted octanol–water partition coefficient (Wildman–Crippen LogP) is 1.92. The Labute approximate surface area is 113 Å². The summed E-state index contributed by atoms with van der Waals surface area (Å²) >= 11 is 0. The number of rotatable bonds is 5. The SMILES string of the molecule is CCn1ncc(OC)c1C(NC)c1ccnc(C)c1. The topological polar surface area (TPSA) is 52.0 Å². The Kier molecular flexibility index (Phi) is 4.16. The quantitative estimate of drug-likeness (QED) is 0.892. The van der Waals surface area contributed by atoms with E-state index in [1.807, 2.05) is 30.9 Å². The lowest BCUT2D eigenvalue weighted by atomic mass is 10.0. The molecule has 1 N–H and O–H groups in total. The van der Waals surface area contributed by atoms with Crippen LogP contribution in [0.5, 0.6) is 5.75 Å². The summed E-state index contributed by atoms with van der Waals surface area (Å²) in [5.74, 6) is 0.802. The van der Waals surface area contributed by atoms with Crippen LogP contribution >= 0.6 is 0 Å². The molecule has 5 heteroatoms. The molecule has 19 heavy (non-hydrogen) atoms. The van der Waals surface area contributed by atoms with Crippen LogP contribution in [0.4, 0.5) is 0 Å². The molecule has 0 fully saturated rings. The average Bonchev–Trinajstić information content (AvgIpc) is 2.83. The first kappa shape index (κ1) is 13.5. The van der Waals surface area contributed by atoms with E-state index in [1.165, 1.54) is 0 Å². The average molecular weight is 260 g/mol. The van der Waals surface area contributed by atoms with Crippen LogP contribution in [-0.2, 0) is 6.54 Å². The van der Waals surface area contributed by atoms with Gasteiger partial charge < -0.3 is 10.1 Å². The van der Waals surface area contributed by atoms with Gasteiger partial charge in [0.15, 0.2) is 5.75 Å². The maximum absolute atomic E-state index is 5.42. The molecule has 2 rings (SSSR count). The highest BCUT2D eigenvalue weighted by molar-refractivity contribution is 5.36. The van der Waals surface area contributed by atoms with Crippen LogP contribution in [0.1, 0.15) is 29.9 Å². The van der Waals surface area contributed by atoms with Gasteiger partial charge in [-0.1, -0.05) is 0 Å². The minimum absolute atomic E-state index is 0.0408. The Hall–Kier alpha value is -1.88. The fourth-order valence-corrected chi connectivity index (χ4v) is 2.29. The van der Waals surface area contributed by atoms with E-state index in [1.54, 1.807) is 13.3 Å². The second-order valence-electron chi connectivity index (χ2n) is 4.37. The summed E-state index contributed by atoms with van der Waals surface area (Å²) in [6, 6.07) is 4.13. The van der Waals surface area contributed by atoms with Crippen LogP contribution in [0.25, 0.3) is 0 Å². The lowest BCUT2D eigenvalue weighted by Gasteiger charge is -2.19. The van der Waals surface area contributed by atoms with Crippen molar-refractivity contribution in [3.63, 3.8) is 0 Å². The summed E-state index contributed by atoms with van der Waals surface area (Å²) in [6.07, 6.45) is 3.59. The van der Waals surface area contributed by atoms with Crippen LogP contribution in [0.3, 0.4) is 0 Å². The second-order valence-corrected chi connectivity index (χ2v) is 4.37. The molecular weight excluding hydrogens is 240 g/mol. The third-order valence-electron chi connectivity index (χ3n) is 3.18. The Morgan fingerprint density at radius 3 is 2.84 bits per heavy atom. The maximum Gasteiger partial charge on any atom is 0.161 e. The first-order valence-corrected chi connectivity index (χ1v) is 6.40. The second kappa shape index (κ2) is 5.84. The molecule has 0 aliphatic carbocycles. The molecule has 0 aliphatic heterocycles. The molecule has 0 bridgehead atoms. The number of nitrogens with zero attached hydrogens (tertiary/aromatic N) is 3. The first-order valence-electron chi connectivity index (χ1n) is 6.40. The molecule has 0 amide bonds. The van der Waals surface area contributed by atoms with Crippen molar-refractivity contribution in [1.29, 1.82) is 0 Å². The third-order valence-corrected chi connectivity index (χ3v) is 3.18. The number of ether oxygens (including phenoxy) is 1. The van der Waals surface area contributed by atoms with E-state index in [-0.39, 0.29) is 6.04 Å². The smallest absolute Gasteiger partial charge is 0.161 e. The molecule has 0 saturated heterocycles. The highest BCUT2D eigenvalue weighted by atomic mass is 16.5. The van der Waals surface area contributed by atoms with Crippen molar-refractivity contribution < 1.29 is 4.74 Å². The lowest BCUT2D eigenvalue weighted by molar-refractivity contribution is 0.401. The predicted molar refractivity (Wildman–Crippen MR) is 74.3 cm³/mol. The third kappa shape index (κ3) is 2.61. The molecule has 5 nitrogen and oxygen atoms in total. The van der Waals surface area contributed by atoms with Gasteiger partial charge in [0.1, 0.15) is 5.69 Å². The number of aryl methyl sites for hydroxylation is 2. The number of pyridine rings is 1. The van der Waals surface area contributed by atoms with E-state index in [4.69, 9.17) is 4.74 Å². The van der Waals surface area contributed by atoms with Gasteiger partial charge in [-0.2, -0.15) is 5.10 Å². The Morgan fingerprint density at radius 1 is 1.47 bits per heavy atom. The summed E-state index contributed by atoms with van der Waals surface area (Å²) in [6.45, 7) is 4.87. The minimum atomic E-state index is 0.0408. The number of nitrogens with one attached hydrogen (secondary N) is 1. The molecule has 0 radical (unpaired) electrons. The largest absolute Gasteiger partial charge is 0.493 e. The van der Waals surface area contributed by atoms with E-state index < -0.39 is 0 Å². The number of hydrogen-bond acceptors (Lipinski definition) is 4. The van der Waals surface area contributed by atoms with Gasteiger partial charge in [0, 0.05) is 18.4 Å². The van der Waals surface area contributed by atoms with Crippen molar-refractivity contribution in [2.45, 2.75) is 26.4 Å². The van der Waals surface area contributed by atoms with Crippen molar-refractivity contribution in [2.75, 3.05) is 14.2 Å². The molecule has 1 unspecified atom stereocenters. The van der Waals surface area contributed by atoms with Crippen molar-refractivity contribution in [3.8, 4) is 5.75 Å². The maximum atomic E-state index is 5.42. The highest BCUT2D eigenvalue weighted by Crippen LogP contribution is 2.29. The molecule has 0 spiro atoms. The molecule has 102 valence electrons. The summed E-state index contributed by atoms with van der Waals surface area (Å²) in [5.41, 5.74) is 3.20. The summed E-state index contributed by atoms with van der Waals surface area (Å²) in [7, 11) is 3.61. The van der Waals surface area contributed by atoms with Gasteiger partial charge in [-0.3, -0.25) is 9.67 Å². The molecular formula is C14H20N4O. The van der Waals surface area contributed by atoms with Crippen molar-refractivity contribution in [2.24, 2.45) is 0 Å². The highest BCUT2D eigenvalue weighted by Gasteiger charge is 2.21. The van der Waals surface area contributed by atoms with Gasteiger partial charge in [-0.05, 0) is 38.6 Å². The summed E-state index contributed by atoms with van der Waals surface area (Å²) in [4.78, 5) is 4.24. The molecule has 0 saturated carbocycles. The van der Waals surface area contributed by atoms with Gasteiger partial charge >= 0.3 is 0 Å². The zero-order chi connectivity index (χ0) is 13.8. The molecule has 2 aromatic heterocycles. The first-order chi connectivity index (χ1) is 9.21. The minimum Gasteiger partial charge on any atom is -0.493 e. The molecule has 2 heterocycles. The lowest BCUT2D eigenvalue weighted by Crippen LogP contribution is -2.22. The van der Waals surface area contributed by atoms with Crippen LogP contribution in [0.2, 0.25) is 0 Å². The Morgan fingerprint density at radius 2 is 2.26 bits per heavy atom. The Balaban J connectivity index is 2.50. The van der Waals surface area contributed by atoms with Gasteiger partial charge in [-0.25, -0.2) is 0 Å². The monoisotopic (exact) mass is 260 g/mol. The van der Waals surface area contributed by atoms with E-state index in [2.05, 4.69) is 28.4 Å². The molecule has 1 atom stereocenters. The van der Waals surface area contributed by atoms with Crippen molar-refractivity contribution >= 4 is 0 Å². The van der Waals surface area contributed by atoms with Crippen LogP contribution in [0, 0.1) is 6.92 Å². The van der Waals surface area contributed by atoms with E-state index in [9.17, 15) is 0 Å². The van der Waals surface area contributed by atoms with Gasteiger partial charge in [0.25, 0.3) is 0 Å². The van der Waals surface area contributed by atoms with Crippen molar-refractivity contribution in [1.82, 2.24) is 20.1 Å². The molecule has 0 aromatic carbocycles. The fourth-order valence-electron chi connectivity index (χ4n) is 2.29. The standard InChI is InChI=1S/C14H20N4O/c1-5-18-14(12(19-4)9-17-18)13(15-3)11-6-7-16-10(2)8-11/h6-9,13,15H,5H2,1-4H3. The van der Waals surface area contributed by atoms with E-state index in [0.29, 0.717) is 0 Å².